The Hall–Kier alpha value is -1.36. The molecule has 0 bridgehead atoms. The second kappa shape index (κ2) is 6.00. The molecule has 0 saturated carbocycles. The van der Waals surface area contributed by atoms with Gasteiger partial charge in [0.1, 0.15) is 18.0 Å². The highest BCUT2D eigenvalue weighted by molar-refractivity contribution is 5.59. The van der Waals surface area contributed by atoms with E-state index in [1.54, 1.807) is 6.33 Å². The Bertz CT molecular complexity index is 391. The van der Waals surface area contributed by atoms with E-state index in [-0.39, 0.29) is 12.1 Å². The van der Waals surface area contributed by atoms with Crippen LogP contribution in [0, 0.1) is 0 Å². The summed E-state index contributed by atoms with van der Waals surface area (Å²) in [7, 11) is 1.86. The molecular weight excluding hydrogens is 228 g/mol. The smallest absolute Gasteiger partial charge is 0.135 e. The van der Waals surface area contributed by atoms with E-state index >= 15 is 0 Å². The van der Waals surface area contributed by atoms with Crippen molar-refractivity contribution < 1.29 is 5.11 Å². The van der Waals surface area contributed by atoms with Gasteiger partial charge in [-0.3, -0.25) is 0 Å². The zero-order valence-corrected chi connectivity index (χ0v) is 11.9. The molecule has 1 heterocycles. The number of aromatic nitrogens is 2. The van der Waals surface area contributed by atoms with E-state index in [0.29, 0.717) is 12.3 Å². The van der Waals surface area contributed by atoms with Crippen molar-refractivity contribution in [2.75, 3.05) is 24.3 Å². The molecule has 3 N–H and O–H groups in total. The molecule has 0 amide bonds. The Labute approximate surface area is 109 Å². The minimum atomic E-state index is -0.197. The summed E-state index contributed by atoms with van der Waals surface area (Å²) in [5.41, 5.74) is 0.878. The fourth-order valence-corrected chi connectivity index (χ4v) is 1.90. The van der Waals surface area contributed by atoms with Crippen molar-refractivity contribution in [1.82, 2.24) is 9.97 Å². The molecule has 1 aromatic heterocycles. The van der Waals surface area contributed by atoms with Crippen molar-refractivity contribution in [2.45, 2.75) is 45.6 Å². The summed E-state index contributed by atoms with van der Waals surface area (Å²) in [5, 5.41) is 15.6. The topological polar surface area (TPSA) is 70.1 Å². The van der Waals surface area contributed by atoms with Gasteiger partial charge in [0.15, 0.2) is 0 Å². The number of rotatable bonds is 6. The molecule has 5 heteroatoms. The van der Waals surface area contributed by atoms with Gasteiger partial charge in [0, 0.05) is 24.8 Å². The van der Waals surface area contributed by atoms with Gasteiger partial charge >= 0.3 is 0 Å². The predicted octanol–water partition coefficient (Wildman–Crippen LogP) is 2.21. The van der Waals surface area contributed by atoms with E-state index in [1.807, 2.05) is 7.05 Å². The molecule has 0 saturated heterocycles. The highest BCUT2D eigenvalue weighted by atomic mass is 16.3. The monoisotopic (exact) mass is 252 g/mol. The lowest BCUT2D eigenvalue weighted by Crippen LogP contribution is -2.33. The third-order valence-corrected chi connectivity index (χ3v) is 2.89. The van der Waals surface area contributed by atoms with Crippen LogP contribution in [0.25, 0.3) is 0 Å². The first-order valence-electron chi connectivity index (χ1n) is 6.33. The Morgan fingerprint density at radius 3 is 2.39 bits per heavy atom. The molecule has 1 rings (SSSR count). The molecule has 5 nitrogen and oxygen atoms in total. The molecule has 0 aromatic carbocycles. The van der Waals surface area contributed by atoms with Crippen LogP contribution in [0.1, 0.15) is 45.6 Å². The normalized spacial score (nSPS) is 11.7. The molecule has 1 aromatic rings. The molecular formula is C13H24N4O. The van der Waals surface area contributed by atoms with Crippen molar-refractivity contribution >= 4 is 11.6 Å². The molecule has 18 heavy (non-hydrogen) atoms. The first-order chi connectivity index (χ1) is 8.41. The Kier molecular flexibility index (Phi) is 4.90. The molecule has 0 fully saturated rings. The fourth-order valence-electron chi connectivity index (χ4n) is 1.90. The molecule has 0 aliphatic carbocycles. The van der Waals surface area contributed by atoms with Crippen LogP contribution in [-0.2, 0) is 0 Å². The lowest BCUT2D eigenvalue weighted by molar-refractivity contribution is 0.260. The maximum atomic E-state index is 9.07. The van der Waals surface area contributed by atoms with Crippen molar-refractivity contribution in [3.8, 4) is 0 Å². The fraction of sp³-hybridized carbons (Fsp3) is 0.692. The number of nitrogens with zero attached hydrogens (tertiary/aromatic N) is 2. The van der Waals surface area contributed by atoms with Gasteiger partial charge in [0.25, 0.3) is 0 Å². The van der Waals surface area contributed by atoms with Crippen LogP contribution in [-0.4, -0.2) is 34.3 Å². The predicted molar refractivity (Wildman–Crippen MR) is 75.1 cm³/mol. The first kappa shape index (κ1) is 14.7. The van der Waals surface area contributed by atoms with E-state index in [1.165, 1.54) is 0 Å². The highest BCUT2D eigenvalue weighted by Crippen LogP contribution is 2.30. The standard InChI is InChI=1S/C13H24N4O/c1-9(2)10-11(14-5)15-8-16-12(10)17-13(3,4)6-7-18/h8-9,18H,6-7H2,1-5H3,(H2,14,15,16,17). The van der Waals surface area contributed by atoms with Crippen LogP contribution in [0.4, 0.5) is 11.6 Å². The molecule has 0 atom stereocenters. The van der Waals surface area contributed by atoms with Crippen molar-refractivity contribution in [3.05, 3.63) is 11.9 Å². The number of anilines is 2. The summed E-state index contributed by atoms with van der Waals surface area (Å²) < 4.78 is 0. The SMILES string of the molecule is CNc1ncnc(NC(C)(C)CCO)c1C(C)C. The van der Waals surface area contributed by atoms with Gasteiger partial charge in [0.05, 0.1) is 0 Å². The Morgan fingerprint density at radius 2 is 1.89 bits per heavy atom. The largest absolute Gasteiger partial charge is 0.396 e. The molecule has 0 radical (unpaired) electrons. The van der Waals surface area contributed by atoms with Crippen LogP contribution in [0.2, 0.25) is 0 Å². The zero-order chi connectivity index (χ0) is 13.8. The van der Waals surface area contributed by atoms with Gasteiger partial charge in [-0.15, -0.1) is 0 Å². The average molecular weight is 252 g/mol. The summed E-state index contributed by atoms with van der Waals surface area (Å²) >= 11 is 0. The summed E-state index contributed by atoms with van der Waals surface area (Å²) in [5.74, 6) is 2.01. The Morgan fingerprint density at radius 1 is 1.28 bits per heavy atom. The number of aliphatic hydroxyl groups excluding tert-OH is 1. The van der Waals surface area contributed by atoms with E-state index in [4.69, 9.17) is 5.11 Å². The maximum Gasteiger partial charge on any atom is 0.135 e. The van der Waals surface area contributed by atoms with Crippen molar-refractivity contribution in [1.29, 1.82) is 0 Å². The highest BCUT2D eigenvalue weighted by Gasteiger charge is 2.21. The van der Waals surface area contributed by atoms with Gasteiger partial charge in [-0.05, 0) is 26.2 Å². The van der Waals surface area contributed by atoms with Gasteiger partial charge in [-0.25, -0.2) is 9.97 Å². The second-order valence-electron chi connectivity index (χ2n) is 5.37. The molecule has 0 aliphatic rings. The summed E-state index contributed by atoms with van der Waals surface area (Å²) in [6.45, 7) is 8.48. The van der Waals surface area contributed by atoms with E-state index in [9.17, 15) is 0 Å². The second-order valence-corrected chi connectivity index (χ2v) is 5.37. The van der Waals surface area contributed by atoms with Crippen LogP contribution in [0.15, 0.2) is 6.33 Å². The van der Waals surface area contributed by atoms with Gasteiger partial charge in [-0.2, -0.15) is 0 Å². The molecule has 0 unspecified atom stereocenters. The van der Waals surface area contributed by atoms with Crippen LogP contribution in [0.3, 0.4) is 0 Å². The third-order valence-electron chi connectivity index (χ3n) is 2.89. The summed E-state index contributed by atoms with van der Waals surface area (Å²) in [6, 6.07) is 0. The summed E-state index contributed by atoms with van der Waals surface area (Å²) in [4.78, 5) is 8.58. The van der Waals surface area contributed by atoms with Gasteiger partial charge < -0.3 is 15.7 Å². The Balaban J connectivity index is 3.08. The van der Waals surface area contributed by atoms with E-state index in [2.05, 4.69) is 48.3 Å². The lowest BCUT2D eigenvalue weighted by Gasteiger charge is -2.28. The molecule has 102 valence electrons. The first-order valence-corrected chi connectivity index (χ1v) is 6.33. The maximum absolute atomic E-state index is 9.07. The number of hydrogen-bond acceptors (Lipinski definition) is 5. The van der Waals surface area contributed by atoms with Gasteiger partial charge in [0.2, 0.25) is 0 Å². The minimum Gasteiger partial charge on any atom is -0.396 e. The third kappa shape index (κ3) is 3.57. The number of nitrogens with one attached hydrogen (secondary N) is 2. The van der Waals surface area contributed by atoms with Crippen LogP contribution in [0.5, 0.6) is 0 Å². The lowest BCUT2D eigenvalue weighted by atomic mass is 9.99. The molecule has 0 spiro atoms. The van der Waals surface area contributed by atoms with E-state index in [0.717, 1.165) is 17.2 Å². The van der Waals surface area contributed by atoms with E-state index < -0.39 is 0 Å². The number of aliphatic hydroxyl groups is 1. The van der Waals surface area contributed by atoms with Crippen LogP contribution < -0.4 is 10.6 Å². The molecule has 0 aliphatic heterocycles. The van der Waals surface area contributed by atoms with Crippen molar-refractivity contribution in [2.24, 2.45) is 0 Å². The van der Waals surface area contributed by atoms with Gasteiger partial charge in [-0.1, -0.05) is 13.8 Å². The average Bonchev–Trinajstić information content (AvgIpc) is 2.27. The minimum absolute atomic E-state index is 0.154. The van der Waals surface area contributed by atoms with Crippen LogP contribution >= 0.6 is 0 Å². The number of hydrogen-bond donors (Lipinski definition) is 3. The summed E-state index contributed by atoms with van der Waals surface area (Å²) in [6.07, 6.45) is 2.22. The zero-order valence-electron chi connectivity index (χ0n) is 11.9. The quantitative estimate of drug-likeness (QED) is 0.724. The van der Waals surface area contributed by atoms with Crippen molar-refractivity contribution in [3.63, 3.8) is 0 Å².